The molecule has 2 N–H and O–H groups in total. The van der Waals surface area contributed by atoms with E-state index in [9.17, 15) is 4.39 Å². The summed E-state index contributed by atoms with van der Waals surface area (Å²) in [7, 11) is 0. The summed E-state index contributed by atoms with van der Waals surface area (Å²) < 4.78 is 24.0. The highest BCUT2D eigenvalue weighted by molar-refractivity contribution is 5.34. The molecule has 2 rings (SSSR count). The fraction of sp³-hybridized carbons (Fsp3) is 0.385. The molecule has 1 aromatic heterocycles. The number of halogens is 1. The van der Waals surface area contributed by atoms with Gasteiger partial charge in [-0.05, 0) is 6.07 Å². The number of benzene rings is 1. The Balaban J connectivity index is 2.09. The first-order valence-electron chi connectivity index (χ1n) is 6.04. The summed E-state index contributed by atoms with van der Waals surface area (Å²) in [5, 5.41) is 3.81. The summed E-state index contributed by atoms with van der Waals surface area (Å²) in [5.41, 5.74) is 6.13. The number of hydrogen-bond acceptors (Lipinski definition) is 5. The minimum absolute atomic E-state index is 0.0215. The Hall–Kier alpha value is -1.95. The molecule has 0 saturated carbocycles. The van der Waals surface area contributed by atoms with Crippen LogP contribution in [0, 0.1) is 5.82 Å². The average Bonchev–Trinajstić information content (AvgIpc) is 2.86. The average molecular weight is 265 g/mol. The van der Waals surface area contributed by atoms with Crippen LogP contribution in [0.3, 0.4) is 0 Å². The zero-order chi connectivity index (χ0) is 13.8. The van der Waals surface area contributed by atoms with Crippen LogP contribution in [0.1, 0.15) is 37.0 Å². The van der Waals surface area contributed by atoms with E-state index in [1.807, 2.05) is 13.8 Å². The van der Waals surface area contributed by atoms with Gasteiger partial charge in [0.2, 0.25) is 0 Å². The van der Waals surface area contributed by atoms with Gasteiger partial charge in [0.1, 0.15) is 0 Å². The summed E-state index contributed by atoms with van der Waals surface area (Å²) in [6.45, 7) is 4.14. The van der Waals surface area contributed by atoms with Crippen molar-refractivity contribution in [2.24, 2.45) is 5.73 Å². The second kappa shape index (κ2) is 5.79. The molecule has 1 aromatic carbocycles. The topological polar surface area (TPSA) is 74.2 Å². The Labute approximate surface area is 110 Å². The monoisotopic (exact) mass is 265 g/mol. The SMILES string of the molecule is CC(C)c1noc(COc2c(F)cccc2CN)n1. The number of ether oxygens (including phenoxy) is 1. The molecule has 0 saturated heterocycles. The smallest absolute Gasteiger partial charge is 0.264 e. The molecule has 6 heteroatoms. The Morgan fingerprint density at radius 3 is 2.84 bits per heavy atom. The van der Waals surface area contributed by atoms with Gasteiger partial charge in [0, 0.05) is 18.0 Å². The molecule has 102 valence electrons. The second-order valence-corrected chi connectivity index (χ2v) is 4.42. The van der Waals surface area contributed by atoms with E-state index in [-0.39, 0.29) is 24.8 Å². The zero-order valence-corrected chi connectivity index (χ0v) is 10.9. The van der Waals surface area contributed by atoms with Gasteiger partial charge < -0.3 is 15.0 Å². The molecule has 0 bridgehead atoms. The fourth-order valence-electron chi connectivity index (χ4n) is 1.57. The standard InChI is InChI=1S/C13H16FN3O2/c1-8(2)13-16-11(19-17-13)7-18-12-9(6-15)4-3-5-10(12)14/h3-5,8H,6-7,15H2,1-2H3. The first-order valence-corrected chi connectivity index (χ1v) is 6.04. The lowest BCUT2D eigenvalue weighted by molar-refractivity contribution is 0.232. The Morgan fingerprint density at radius 2 is 2.21 bits per heavy atom. The zero-order valence-electron chi connectivity index (χ0n) is 10.9. The Morgan fingerprint density at radius 1 is 1.42 bits per heavy atom. The predicted octanol–water partition coefficient (Wildman–Crippen LogP) is 2.37. The van der Waals surface area contributed by atoms with Gasteiger partial charge >= 0.3 is 0 Å². The van der Waals surface area contributed by atoms with E-state index >= 15 is 0 Å². The van der Waals surface area contributed by atoms with Crippen LogP contribution in [-0.4, -0.2) is 10.1 Å². The van der Waals surface area contributed by atoms with Gasteiger partial charge in [-0.15, -0.1) is 0 Å². The molecule has 0 spiro atoms. The Bertz CT molecular complexity index is 555. The van der Waals surface area contributed by atoms with Gasteiger partial charge in [-0.3, -0.25) is 0 Å². The maximum atomic E-state index is 13.6. The summed E-state index contributed by atoms with van der Waals surface area (Å²) in [5.74, 6) is 0.771. The highest BCUT2D eigenvalue weighted by Crippen LogP contribution is 2.23. The quantitative estimate of drug-likeness (QED) is 0.898. The molecule has 19 heavy (non-hydrogen) atoms. The van der Waals surface area contributed by atoms with Gasteiger partial charge in [-0.1, -0.05) is 31.1 Å². The van der Waals surface area contributed by atoms with E-state index in [2.05, 4.69) is 10.1 Å². The van der Waals surface area contributed by atoms with Crippen molar-refractivity contribution < 1.29 is 13.7 Å². The summed E-state index contributed by atoms with van der Waals surface area (Å²) in [6, 6.07) is 4.63. The van der Waals surface area contributed by atoms with Gasteiger partial charge in [-0.25, -0.2) is 4.39 Å². The molecule has 1 heterocycles. The number of nitrogens with two attached hydrogens (primary N) is 1. The molecular weight excluding hydrogens is 249 g/mol. The normalized spacial score (nSPS) is 11.0. The first kappa shape index (κ1) is 13.5. The summed E-state index contributed by atoms with van der Waals surface area (Å²) >= 11 is 0. The molecular formula is C13H16FN3O2. The van der Waals surface area contributed by atoms with Crippen LogP contribution < -0.4 is 10.5 Å². The minimum Gasteiger partial charge on any atom is -0.480 e. The molecule has 0 atom stereocenters. The maximum absolute atomic E-state index is 13.6. The summed E-state index contributed by atoms with van der Waals surface area (Å²) in [6.07, 6.45) is 0. The van der Waals surface area contributed by atoms with E-state index in [0.29, 0.717) is 17.3 Å². The van der Waals surface area contributed by atoms with Crippen LogP contribution >= 0.6 is 0 Å². The molecule has 0 radical (unpaired) electrons. The third kappa shape index (κ3) is 3.08. The van der Waals surface area contributed by atoms with E-state index in [0.717, 1.165) is 0 Å². The van der Waals surface area contributed by atoms with Gasteiger partial charge in [-0.2, -0.15) is 4.98 Å². The Kier molecular flexibility index (Phi) is 4.11. The maximum Gasteiger partial charge on any atom is 0.264 e. The largest absolute Gasteiger partial charge is 0.480 e. The van der Waals surface area contributed by atoms with E-state index in [4.69, 9.17) is 15.0 Å². The van der Waals surface area contributed by atoms with Crippen LogP contribution in [0.2, 0.25) is 0 Å². The lowest BCUT2D eigenvalue weighted by atomic mass is 10.2. The molecule has 0 amide bonds. The van der Waals surface area contributed by atoms with Crippen molar-refractivity contribution in [3.8, 4) is 5.75 Å². The lowest BCUT2D eigenvalue weighted by Gasteiger charge is -2.09. The van der Waals surface area contributed by atoms with Crippen LogP contribution in [0.4, 0.5) is 4.39 Å². The predicted molar refractivity (Wildman–Crippen MR) is 67.0 cm³/mol. The van der Waals surface area contributed by atoms with Crippen molar-refractivity contribution in [3.63, 3.8) is 0 Å². The molecule has 0 aliphatic rings. The molecule has 0 aliphatic carbocycles. The number of aromatic nitrogens is 2. The second-order valence-electron chi connectivity index (χ2n) is 4.42. The highest BCUT2D eigenvalue weighted by Gasteiger charge is 2.13. The fourth-order valence-corrected chi connectivity index (χ4v) is 1.57. The van der Waals surface area contributed by atoms with Crippen LogP contribution in [0.15, 0.2) is 22.7 Å². The minimum atomic E-state index is -0.452. The van der Waals surface area contributed by atoms with Gasteiger partial charge in [0.15, 0.2) is 24.0 Å². The van der Waals surface area contributed by atoms with Crippen molar-refractivity contribution in [2.45, 2.75) is 32.9 Å². The van der Waals surface area contributed by atoms with Crippen molar-refractivity contribution >= 4 is 0 Å². The summed E-state index contributed by atoms with van der Waals surface area (Å²) in [4.78, 5) is 4.15. The number of para-hydroxylation sites is 1. The van der Waals surface area contributed by atoms with Crippen LogP contribution in [-0.2, 0) is 13.2 Å². The van der Waals surface area contributed by atoms with E-state index < -0.39 is 5.82 Å². The van der Waals surface area contributed by atoms with Crippen molar-refractivity contribution in [1.82, 2.24) is 10.1 Å². The van der Waals surface area contributed by atoms with E-state index in [1.165, 1.54) is 6.07 Å². The third-order valence-electron chi connectivity index (χ3n) is 2.61. The molecule has 0 unspecified atom stereocenters. The van der Waals surface area contributed by atoms with Crippen molar-refractivity contribution in [1.29, 1.82) is 0 Å². The number of nitrogens with zero attached hydrogens (tertiary/aromatic N) is 2. The molecule has 0 fully saturated rings. The van der Waals surface area contributed by atoms with Crippen LogP contribution in [0.5, 0.6) is 5.75 Å². The van der Waals surface area contributed by atoms with Crippen molar-refractivity contribution in [3.05, 3.63) is 41.3 Å². The third-order valence-corrected chi connectivity index (χ3v) is 2.61. The van der Waals surface area contributed by atoms with Crippen molar-refractivity contribution in [2.75, 3.05) is 0 Å². The van der Waals surface area contributed by atoms with E-state index in [1.54, 1.807) is 12.1 Å². The van der Waals surface area contributed by atoms with Gasteiger partial charge in [0.05, 0.1) is 0 Å². The number of rotatable bonds is 5. The molecule has 0 aliphatic heterocycles. The number of hydrogen-bond donors (Lipinski definition) is 1. The molecule has 5 nitrogen and oxygen atoms in total. The first-order chi connectivity index (χ1) is 9.11. The van der Waals surface area contributed by atoms with Gasteiger partial charge in [0.25, 0.3) is 5.89 Å². The van der Waals surface area contributed by atoms with Crippen LogP contribution in [0.25, 0.3) is 0 Å². The highest BCUT2D eigenvalue weighted by atomic mass is 19.1. The lowest BCUT2D eigenvalue weighted by Crippen LogP contribution is -2.05. The molecule has 2 aromatic rings.